The molecule has 1 unspecified atom stereocenters. The summed E-state index contributed by atoms with van der Waals surface area (Å²) >= 11 is 0. The van der Waals surface area contributed by atoms with Crippen LogP contribution in [-0.4, -0.2) is 41.4 Å². The van der Waals surface area contributed by atoms with Crippen LogP contribution in [0.4, 0.5) is 23.7 Å². The summed E-state index contributed by atoms with van der Waals surface area (Å²) in [5.74, 6) is -0.842. The molecular formula is C14H17F3N2O2. The second-order valence-corrected chi connectivity index (χ2v) is 5.11. The Labute approximate surface area is 120 Å². The Kier molecular flexibility index (Phi) is 4.72. The van der Waals surface area contributed by atoms with Gasteiger partial charge in [-0.25, -0.2) is 4.79 Å². The standard InChI is InChI=1S/C14H17F3N2O2/c15-14(16,17)12(20)10-6-8-19(9-7-10)13(21)18-11-4-2-1-3-5-11/h1-5,10,12,20H,6-9H2,(H,18,21). The fourth-order valence-electron chi connectivity index (χ4n) is 2.41. The SMILES string of the molecule is O=C(Nc1ccccc1)N1CCC(C(O)C(F)(F)F)CC1. The lowest BCUT2D eigenvalue weighted by Gasteiger charge is -2.34. The molecule has 0 radical (unpaired) electrons. The number of hydrogen-bond donors (Lipinski definition) is 2. The number of alkyl halides is 3. The maximum Gasteiger partial charge on any atom is 0.414 e. The van der Waals surface area contributed by atoms with Crippen molar-refractivity contribution in [1.29, 1.82) is 0 Å². The average molecular weight is 302 g/mol. The number of aliphatic hydroxyl groups excluding tert-OH is 1. The van der Waals surface area contributed by atoms with Gasteiger partial charge in [-0.15, -0.1) is 0 Å². The third-order valence-electron chi connectivity index (χ3n) is 3.63. The minimum absolute atomic E-state index is 0.142. The number of rotatable bonds is 2. The maximum absolute atomic E-state index is 12.4. The molecule has 2 rings (SSSR count). The number of amides is 2. The van der Waals surface area contributed by atoms with E-state index in [-0.39, 0.29) is 32.0 Å². The van der Waals surface area contributed by atoms with Gasteiger partial charge in [-0.1, -0.05) is 18.2 Å². The highest BCUT2D eigenvalue weighted by atomic mass is 19.4. The number of benzene rings is 1. The van der Waals surface area contributed by atoms with Crippen molar-refractivity contribution in [2.45, 2.75) is 25.1 Å². The molecular weight excluding hydrogens is 285 g/mol. The average Bonchev–Trinajstić information content (AvgIpc) is 2.46. The quantitative estimate of drug-likeness (QED) is 0.882. The smallest absolute Gasteiger partial charge is 0.383 e. The Bertz CT molecular complexity index is 471. The number of anilines is 1. The summed E-state index contributed by atoms with van der Waals surface area (Å²) in [7, 11) is 0. The summed E-state index contributed by atoms with van der Waals surface area (Å²) < 4.78 is 37.3. The number of hydrogen-bond acceptors (Lipinski definition) is 2. The molecule has 4 nitrogen and oxygen atoms in total. The molecule has 1 atom stereocenters. The summed E-state index contributed by atoms with van der Waals surface area (Å²) in [5.41, 5.74) is 0.639. The van der Waals surface area contributed by atoms with Crippen LogP contribution in [0, 0.1) is 5.92 Å². The minimum atomic E-state index is -4.60. The third kappa shape index (κ3) is 4.10. The molecule has 2 amide bonds. The van der Waals surface area contributed by atoms with Crippen LogP contribution in [0.25, 0.3) is 0 Å². The van der Waals surface area contributed by atoms with Crippen molar-refractivity contribution < 1.29 is 23.1 Å². The number of piperidine rings is 1. The molecule has 0 aromatic heterocycles. The van der Waals surface area contributed by atoms with Gasteiger partial charge >= 0.3 is 12.2 Å². The predicted molar refractivity (Wildman–Crippen MR) is 71.8 cm³/mol. The zero-order valence-electron chi connectivity index (χ0n) is 11.3. The second kappa shape index (κ2) is 6.34. The Hall–Kier alpha value is -1.76. The van der Waals surface area contributed by atoms with Crippen molar-refractivity contribution in [3.8, 4) is 0 Å². The lowest BCUT2D eigenvalue weighted by Crippen LogP contribution is -2.46. The lowest BCUT2D eigenvalue weighted by molar-refractivity contribution is -0.222. The number of para-hydroxylation sites is 1. The van der Waals surface area contributed by atoms with Crippen LogP contribution in [-0.2, 0) is 0 Å². The lowest BCUT2D eigenvalue weighted by atomic mass is 9.91. The van der Waals surface area contributed by atoms with Gasteiger partial charge in [0.05, 0.1) is 0 Å². The molecule has 1 aromatic rings. The van der Waals surface area contributed by atoms with Crippen LogP contribution >= 0.6 is 0 Å². The summed E-state index contributed by atoms with van der Waals surface area (Å²) in [6, 6.07) is 8.51. The van der Waals surface area contributed by atoms with E-state index in [2.05, 4.69) is 5.32 Å². The van der Waals surface area contributed by atoms with E-state index in [1.165, 1.54) is 4.90 Å². The number of likely N-dealkylation sites (tertiary alicyclic amines) is 1. The number of halogens is 3. The van der Waals surface area contributed by atoms with Gasteiger partial charge in [0.15, 0.2) is 6.10 Å². The van der Waals surface area contributed by atoms with E-state index in [1.807, 2.05) is 6.07 Å². The molecule has 1 aliphatic rings. The topological polar surface area (TPSA) is 52.6 Å². The van der Waals surface area contributed by atoms with E-state index < -0.39 is 18.2 Å². The Morgan fingerprint density at radius 1 is 1.24 bits per heavy atom. The summed E-state index contributed by atoms with van der Waals surface area (Å²) in [6.45, 7) is 0.410. The van der Waals surface area contributed by atoms with Crippen molar-refractivity contribution in [1.82, 2.24) is 4.90 Å². The third-order valence-corrected chi connectivity index (χ3v) is 3.63. The van der Waals surface area contributed by atoms with E-state index in [0.29, 0.717) is 5.69 Å². The van der Waals surface area contributed by atoms with Crippen LogP contribution in [0.3, 0.4) is 0 Å². The van der Waals surface area contributed by atoms with Gasteiger partial charge in [0.1, 0.15) is 0 Å². The van der Waals surface area contributed by atoms with E-state index in [9.17, 15) is 23.1 Å². The highest BCUT2D eigenvalue weighted by molar-refractivity contribution is 5.89. The number of carbonyl (C=O) groups is 1. The first-order chi connectivity index (χ1) is 9.88. The minimum Gasteiger partial charge on any atom is -0.383 e. The monoisotopic (exact) mass is 302 g/mol. The number of urea groups is 1. The normalized spacial score (nSPS) is 18.4. The van der Waals surface area contributed by atoms with Gasteiger partial charge < -0.3 is 15.3 Å². The first-order valence-corrected chi connectivity index (χ1v) is 6.73. The van der Waals surface area contributed by atoms with Gasteiger partial charge in [0.2, 0.25) is 0 Å². The first-order valence-electron chi connectivity index (χ1n) is 6.73. The zero-order valence-corrected chi connectivity index (χ0v) is 11.3. The van der Waals surface area contributed by atoms with E-state index in [0.717, 1.165) is 0 Å². The summed E-state index contributed by atoms with van der Waals surface area (Å²) in [6.07, 6.45) is -6.62. The van der Waals surface area contributed by atoms with Gasteiger partial charge in [-0.2, -0.15) is 13.2 Å². The highest BCUT2D eigenvalue weighted by Gasteiger charge is 2.44. The molecule has 0 saturated carbocycles. The van der Waals surface area contributed by atoms with Crippen LogP contribution < -0.4 is 5.32 Å². The molecule has 0 spiro atoms. The highest BCUT2D eigenvalue weighted by Crippen LogP contribution is 2.31. The Morgan fingerprint density at radius 3 is 2.33 bits per heavy atom. The van der Waals surface area contributed by atoms with Gasteiger partial charge in [-0.3, -0.25) is 0 Å². The fraction of sp³-hybridized carbons (Fsp3) is 0.500. The molecule has 21 heavy (non-hydrogen) atoms. The molecule has 1 fully saturated rings. The molecule has 7 heteroatoms. The van der Waals surface area contributed by atoms with Crippen molar-refractivity contribution in [2.75, 3.05) is 18.4 Å². The molecule has 116 valence electrons. The fourth-order valence-corrected chi connectivity index (χ4v) is 2.41. The van der Waals surface area contributed by atoms with Crippen LogP contribution in [0.1, 0.15) is 12.8 Å². The van der Waals surface area contributed by atoms with Gasteiger partial charge in [0.25, 0.3) is 0 Å². The van der Waals surface area contributed by atoms with E-state index >= 15 is 0 Å². The van der Waals surface area contributed by atoms with Crippen molar-refractivity contribution in [3.63, 3.8) is 0 Å². The Morgan fingerprint density at radius 2 is 1.81 bits per heavy atom. The van der Waals surface area contributed by atoms with Crippen LogP contribution in [0.2, 0.25) is 0 Å². The van der Waals surface area contributed by atoms with Crippen LogP contribution in [0.5, 0.6) is 0 Å². The second-order valence-electron chi connectivity index (χ2n) is 5.11. The predicted octanol–water partition coefficient (Wildman–Crippen LogP) is 2.85. The molecule has 0 bridgehead atoms. The summed E-state index contributed by atoms with van der Waals surface area (Å²) in [4.78, 5) is 13.4. The number of carbonyl (C=O) groups excluding carboxylic acids is 1. The van der Waals surface area contributed by atoms with Crippen molar-refractivity contribution in [3.05, 3.63) is 30.3 Å². The molecule has 1 aromatic carbocycles. The molecule has 1 aliphatic heterocycles. The molecule has 2 N–H and O–H groups in total. The largest absolute Gasteiger partial charge is 0.414 e. The van der Waals surface area contributed by atoms with E-state index in [1.54, 1.807) is 24.3 Å². The zero-order chi connectivity index (χ0) is 15.5. The maximum atomic E-state index is 12.4. The van der Waals surface area contributed by atoms with E-state index in [4.69, 9.17) is 0 Å². The Balaban J connectivity index is 1.85. The number of aliphatic hydroxyl groups is 1. The molecule has 0 aliphatic carbocycles. The van der Waals surface area contributed by atoms with Crippen LogP contribution in [0.15, 0.2) is 30.3 Å². The first kappa shape index (κ1) is 15.6. The number of nitrogens with zero attached hydrogens (tertiary/aromatic N) is 1. The number of nitrogens with one attached hydrogen (secondary N) is 1. The molecule has 1 saturated heterocycles. The summed E-state index contributed by atoms with van der Waals surface area (Å²) in [5, 5.41) is 11.9. The van der Waals surface area contributed by atoms with Crippen molar-refractivity contribution in [2.24, 2.45) is 5.92 Å². The van der Waals surface area contributed by atoms with Gasteiger partial charge in [0, 0.05) is 18.8 Å². The molecule has 1 heterocycles. The van der Waals surface area contributed by atoms with Gasteiger partial charge in [-0.05, 0) is 30.9 Å². The van der Waals surface area contributed by atoms with Crippen molar-refractivity contribution >= 4 is 11.7 Å².